The number of thiazole rings is 1. The Morgan fingerprint density at radius 3 is 2.41 bits per heavy atom. The molecule has 0 saturated heterocycles. The number of amides is 1. The van der Waals surface area contributed by atoms with Gasteiger partial charge in [-0.25, -0.2) is 4.98 Å². The maximum atomic E-state index is 12.1. The molecule has 0 bridgehead atoms. The van der Waals surface area contributed by atoms with Gasteiger partial charge in [-0.15, -0.1) is 35.3 Å². The van der Waals surface area contributed by atoms with Crippen LogP contribution in [0.2, 0.25) is 0 Å². The standard InChI is InChI=1S/C18H33N5O2S.HI/c1-5-18(6-2,8-11-24)12-22-17(19-7-3)21-10-9-20-16(25)15-14(4)23-13-26-15;/h13,24H,5-12H2,1-4H3,(H,20,25)(H2,19,21,22);1H. The molecule has 1 aromatic heterocycles. The minimum Gasteiger partial charge on any atom is -0.396 e. The number of hydrogen-bond acceptors (Lipinski definition) is 5. The molecule has 0 aliphatic heterocycles. The van der Waals surface area contributed by atoms with E-state index in [1.165, 1.54) is 11.3 Å². The number of aliphatic imine (C=N–C) groups is 1. The lowest BCUT2D eigenvalue weighted by molar-refractivity contribution is 0.0957. The van der Waals surface area contributed by atoms with Crippen LogP contribution in [0.1, 0.15) is 55.4 Å². The Morgan fingerprint density at radius 1 is 1.22 bits per heavy atom. The number of halogens is 1. The average molecular weight is 511 g/mol. The summed E-state index contributed by atoms with van der Waals surface area (Å²) in [5, 5.41) is 18.7. The summed E-state index contributed by atoms with van der Waals surface area (Å²) in [6.45, 7) is 10.9. The number of nitrogens with one attached hydrogen (secondary N) is 3. The van der Waals surface area contributed by atoms with Gasteiger partial charge >= 0.3 is 0 Å². The van der Waals surface area contributed by atoms with Gasteiger partial charge in [-0.1, -0.05) is 13.8 Å². The zero-order valence-corrected chi connectivity index (χ0v) is 19.9. The van der Waals surface area contributed by atoms with Gasteiger partial charge in [0.15, 0.2) is 5.96 Å². The molecule has 0 aliphatic rings. The van der Waals surface area contributed by atoms with Gasteiger partial charge in [0, 0.05) is 32.8 Å². The molecular formula is C18H34IN5O2S. The molecular weight excluding hydrogens is 477 g/mol. The van der Waals surface area contributed by atoms with E-state index < -0.39 is 0 Å². The lowest BCUT2D eigenvalue weighted by Crippen LogP contribution is -2.42. The van der Waals surface area contributed by atoms with E-state index >= 15 is 0 Å². The van der Waals surface area contributed by atoms with Crippen LogP contribution in [0, 0.1) is 12.3 Å². The molecule has 7 nitrogen and oxygen atoms in total. The van der Waals surface area contributed by atoms with Crippen LogP contribution in [0.3, 0.4) is 0 Å². The number of carbonyl (C=O) groups is 1. The second-order valence-corrected chi connectivity index (χ2v) is 7.18. The van der Waals surface area contributed by atoms with E-state index in [0.717, 1.165) is 37.5 Å². The van der Waals surface area contributed by atoms with Gasteiger partial charge in [0.25, 0.3) is 5.91 Å². The Morgan fingerprint density at radius 2 is 1.89 bits per heavy atom. The highest BCUT2D eigenvalue weighted by Crippen LogP contribution is 2.30. The van der Waals surface area contributed by atoms with Crippen LogP contribution >= 0.6 is 35.3 Å². The van der Waals surface area contributed by atoms with E-state index in [1.54, 1.807) is 5.51 Å². The second-order valence-electron chi connectivity index (χ2n) is 6.33. The summed E-state index contributed by atoms with van der Waals surface area (Å²) in [6, 6.07) is 0. The number of aromatic nitrogens is 1. The maximum Gasteiger partial charge on any atom is 0.263 e. The number of aliphatic hydroxyl groups is 1. The first-order valence-corrected chi connectivity index (χ1v) is 10.2. The molecule has 0 aromatic carbocycles. The molecule has 0 spiro atoms. The van der Waals surface area contributed by atoms with Gasteiger partial charge in [-0.05, 0) is 38.5 Å². The SMILES string of the molecule is CCNC(=NCC(CC)(CC)CCO)NCCNC(=O)c1scnc1C.I. The van der Waals surface area contributed by atoms with Crippen LogP contribution in [0.15, 0.2) is 10.5 Å². The van der Waals surface area contributed by atoms with Crippen molar-refractivity contribution < 1.29 is 9.90 Å². The first kappa shape index (κ1) is 26.1. The van der Waals surface area contributed by atoms with Crippen LogP contribution in [-0.2, 0) is 0 Å². The third-order valence-corrected chi connectivity index (χ3v) is 5.64. The highest BCUT2D eigenvalue weighted by Gasteiger charge is 2.25. The number of guanidine groups is 1. The van der Waals surface area contributed by atoms with E-state index in [9.17, 15) is 9.90 Å². The summed E-state index contributed by atoms with van der Waals surface area (Å²) in [5.74, 6) is 0.646. The van der Waals surface area contributed by atoms with Gasteiger partial charge in [0.1, 0.15) is 4.88 Å². The molecule has 1 aromatic rings. The van der Waals surface area contributed by atoms with Crippen molar-refractivity contribution >= 4 is 47.2 Å². The number of nitrogens with zero attached hydrogens (tertiary/aromatic N) is 2. The molecule has 0 atom stereocenters. The fourth-order valence-corrected chi connectivity index (χ4v) is 3.41. The molecule has 0 radical (unpaired) electrons. The van der Waals surface area contributed by atoms with Gasteiger partial charge in [0.05, 0.1) is 11.2 Å². The Labute approximate surface area is 183 Å². The Hall–Kier alpha value is -0.940. The first-order valence-electron chi connectivity index (χ1n) is 9.33. The number of rotatable bonds is 11. The first-order chi connectivity index (χ1) is 12.5. The van der Waals surface area contributed by atoms with E-state index in [-0.39, 0.29) is 41.9 Å². The molecule has 9 heteroatoms. The quantitative estimate of drug-likeness (QED) is 0.159. The lowest BCUT2D eigenvalue weighted by atomic mass is 9.79. The molecule has 4 N–H and O–H groups in total. The highest BCUT2D eigenvalue weighted by atomic mass is 127. The van der Waals surface area contributed by atoms with Crippen molar-refractivity contribution in [1.29, 1.82) is 0 Å². The Balaban J connectivity index is 0.00000676. The molecule has 156 valence electrons. The largest absolute Gasteiger partial charge is 0.396 e. The van der Waals surface area contributed by atoms with E-state index in [4.69, 9.17) is 0 Å². The van der Waals surface area contributed by atoms with E-state index in [0.29, 0.717) is 24.5 Å². The normalized spacial score (nSPS) is 11.7. The third kappa shape index (κ3) is 8.73. The zero-order valence-electron chi connectivity index (χ0n) is 16.8. The molecule has 1 heterocycles. The van der Waals surface area contributed by atoms with Crippen molar-refractivity contribution in [2.24, 2.45) is 10.4 Å². The number of carbonyl (C=O) groups excluding carboxylic acids is 1. The molecule has 0 unspecified atom stereocenters. The fourth-order valence-electron chi connectivity index (χ4n) is 2.69. The smallest absolute Gasteiger partial charge is 0.263 e. The van der Waals surface area contributed by atoms with Gasteiger partial charge in [0.2, 0.25) is 0 Å². The molecule has 0 aliphatic carbocycles. The molecule has 1 rings (SSSR count). The molecule has 0 fully saturated rings. The monoisotopic (exact) mass is 511 g/mol. The predicted octanol–water partition coefficient (Wildman–Crippen LogP) is 2.54. The van der Waals surface area contributed by atoms with Crippen LogP contribution in [-0.4, -0.2) is 54.7 Å². The third-order valence-electron chi connectivity index (χ3n) is 4.71. The summed E-state index contributed by atoms with van der Waals surface area (Å²) in [6.07, 6.45) is 2.72. The van der Waals surface area contributed by atoms with Crippen molar-refractivity contribution in [3.05, 3.63) is 16.1 Å². The van der Waals surface area contributed by atoms with Crippen molar-refractivity contribution in [2.45, 2.75) is 47.0 Å². The predicted molar refractivity (Wildman–Crippen MR) is 123 cm³/mol. The topological polar surface area (TPSA) is 98.6 Å². The number of aryl methyl sites for hydroxylation is 1. The molecule has 1 amide bonds. The van der Waals surface area contributed by atoms with Crippen LogP contribution < -0.4 is 16.0 Å². The lowest BCUT2D eigenvalue weighted by Gasteiger charge is -2.29. The molecule has 27 heavy (non-hydrogen) atoms. The van der Waals surface area contributed by atoms with Gasteiger partial charge in [-0.3, -0.25) is 9.79 Å². The summed E-state index contributed by atoms with van der Waals surface area (Å²) in [5.41, 5.74) is 2.47. The van der Waals surface area contributed by atoms with E-state index in [2.05, 4.69) is 39.8 Å². The highest BCUT2D eigenvalue weighted by molar-refractivity contribution is 14.0. The Kier molecular flexibility index (Phi) is 13.6. The minimum atomic E-state index is -0.0901. The summed E-state index contributed by atoms with van der Waals surface area (Å²) < 4.78 is 0. The zero-order chi connectivity index (χ0) is 19.4. The van der Waals surface area contributed by atoms with E-state index in [1.807, 2.05) is 13.8 Å². The van der Waals surface area contributed by atoms with Gasteiger partial charge in [-0.2, -0.15) is 0 Å². The van der Waals surface area contributed by atoms with Crippen LogP contribution in [0.5, 0.6) is 0 Å². The second kappa shape index (κ2) is 14.1. The maximum absolute atomic E-state index is 12.1. The van der Waals surface area contributed by atoms with Crippen molar-refractivity contribution in [3.8, 4) is 0 Å². The van der Waals surface area contributed by atoms with Crippen molar-refractivity contribution in [3.63, 3.8) is 0 Å². The van der Waals surface area contributed by atoms with Crippen molar-refractivity contribution in [1.82, 2.24) is 20.9 Å². The van der Waals surface area contributed by atoms with Crippen LogP contribution in [0.25, 0.3) is 0 Å². The fraction of sp³-hybridized carbons (Fsp3) is 0.722. The number of aliphatic hydroxyl groups excluding tert-OH is 1. The van der Waals surface area contributed by atoms with Gasteiger partial charge < -0.3 is 21.1 Å². The van der Waals surface area contributed by atoms with Crippen molar-refractivity contribution in [2.75, 3.05) is 32.8 Å². The molecule has 0 saturated carbocycles. The van der Waals surface area contributed by atoms with Crippen LogP contribution in [0.4, 0.5) is 0 Å². The Bertz CT molecular complexity index is 576. The summed E-state index contributed by atoms with van der Waals surface area (Å²) >= 11 is 1.35. The number of hydrogen-bond donors (Lipinski definition) is 4. The average Bonchev–Trinajstić information content (AvgIpc) is 3.08. The summed E-state index contributed by atoms with van der Waals surface area (Å²) in [4.78, 5) is 21.5. The minimum absolute atomic E-state index is 0. The summed E-state index contributed by atoms with van der Waals surface area (Å²) in [7, 11) is 0.